The van der Waals surface area contributed by atoms with Gasteiger partial charge >= 0.3 is 0 Å². The summed E-state index contributed by atoms with van der Waals surface area (Å²) < 4.78 is 0. The lowest BCUT2D eigenvalue weighted by Gasteiger charge is -2.19. The van der Waals surface area contributed by atoms with Gasteiger partial charge in [0.05, 0.1) is 18.8 Å². The van der Waals surface area contributed by atoms with Gasteiger partial charge in [-0.2, -0.15) is 0 Å². The van der Waals surface area contributed by atoms with E-state index in [1.807, 2.05) is 6.08 Å². The summed E-state index contributed by atoms with van der Waals surface area (Å²) in [4.78, 5) is 12.5. The van der Waals surface area contributed by atoms with Gasteiger partial charge in [0.25, 0.3) is 0 Å². The first-order valence-corrected chi connectivity index (χ1v) is 33.1. The molecule has 0 aliphatic rings. The molecule has 0 saturated heterocycles. The van der Waals surface area contributed by atoms with E-state index in [-0.39, 0.29) is 12.5 Å². The summed E-state index contributed by atoms with van der Waals surface area (Å²) in [6.07, 6.45) is 85.5. The molecule has 1 amide bonds. The fourth-order valence-electron chi connectivity index (χ4n) is 10.7. The Morgan fingerprint density at radius 1 is 0.324 bits per heavy atom. The van der Waals surface area contributed by atoms with Crippen molar-refractivity contribution in [1.82, 2.24) is 5.32 Å². The Hall–Kier alpha value is -1.13. The van der Waals surface area contributed by atoms with Crippen LogP contribution in [-0.2, 0) is 4.79 Å². The molecule has 0 bridgehead atoms. The Kier molecular flexibility index (Phi) is 62.2. The van der Waals surface area contributed by atoms with Crippen LogP contribution in [-0.4, -0.2) is 34.9 Å². The maximum Gasteiger partial charge on any atom is 0.220 e. The van der Waals surface area contributed by atoms with Crippen molar-refractivity contribution in [2.75, 3.05) is 6.61 Å². The quantitative estimate of drug-likeness (QED) is 0.0420. The Morgan fingerprint density at radius 3 is 0.817 bits per heavy atom. The van der Waals surface area contributed by atoms with Crippen LogP contribution in [0.2, 0.25) is 0 Å². The Bertz CT molecular complexity index is 1040. The number of hydrogen-bond acceptors (Lipinski definition) is 3. The second-order valence-corrected chi connectivity index (χ2v) is 22.9. The van der Waals surface area contributed by atoms with E-state index in [0.29, 0.717) is 6.42 Å². The summed E-state index contributed by atoms with van der Waals surface area (Å²) in [6.45, 7) is 4.34. The van der Waals surface area contributed by atoms with Gasteiger partial charge in [0, 0.05) is 6.42 Å². The number of allylic oxidation sites excluding steroid dienone is 3. The molecule has 0 rings (SSSR count). The zero-order valence-corrected chi connectivity index (χ0v) is 48.8. The zero-order valence-electron chi connectivity index (χ0n) is 48.8. The van der Waals surface area contributed by atoms with E-state index in [1.54, 1.807) is 6.08 Å². The standard InChI is InChI=1S/C67H131NO3/c1-3-5-7-9-11-13-15-17-19-21-23-24-25-26-27-28-29-30-31-32-33-34-35-36-37-38-39-40-41-42-43-44-45-47-49-51-53-55-57-59-61-63-67(71)68-65(64-69)66(70)62-60-58-56-54-52-50-48-46-22-20-18-16-14-12-10-8-6-4-2/h52,54,60,62,65-66,69-70H,3-51,53,55-59,61,63-64H2,1-2H3,(H,68,71)/b54-52+,62-60+. The summed E-state index contributed by atoms with van der Waals surface area (Å²) in [5, 5.41) is 23.2. The molecule has 71 heavy (non-hydrogen) atoms. The van der Waals surface area contributed by atoms with Gasteiger partial charge in [-0.05, 0) is 32.1 Å². The highest BCUT2D eigenvalue weighted by atomic mass is 16.3. The number of carbonyl (C=O) groups is 1. The highest BCUT2D eigenvalue weighted by Crippen LogP contribution is 2.19. The number of amides is 1. The van der Waals surface area contributed by atoms with Gasteiger partial charge in [-0.25, -0.2) is 0 Å². The van der Waals surface area contributed by atoms with Crippen molar-refractivity contribution < 1.29 is 15.0 Å². The third-order valence-corrected chi connectivity index (χ3v) is 15.7. The van der Waals surface area contributed by atoms with Crippen LogP contribution in [0.1, 0.15) is 380 Å². The van der Waals surface area contributed by atoms with Gasteiger partial charge in [-0.3, -0.25) is 4.79 Å². The molecule has 0 aliphatic heterocycles. The first kappa shape index (κ1) is 69.9. The normalized spacial score (nSPS) is 12.8. The van der Waals surface area contributed by atoms with Crippen LogP contribution in [0.5, 0.6) is 0 Å². The van der Waals surface area contributed by atoms with E-state index in [1.165, 1.54) is 327 Å². The highest BCUT2D eigenvalue weighted by Gasteiger charge is 2.18. The first-order chi connectivity index (χ1) is 35.2. The van der Waals surface area contributed by atoms with Crippen molar-refractivity contribution in [3.05, 3.63) is 24.3 Å². The number of rotatable bonds is 62. The van der Waals surface area contributed by atoms with E-state index >= 15 is 0 Å². The average Bonchev–Trinajstić information content (AvgIpc) is 3.37. The molecule has 3 N–H and O–H groups in total. The van der Waals surface area contributed by atoms with Crippen molar-refractivity contribution >= 4 is 5.91 Å². The zero-order chi connectivity index (χ0) is 51.3. The molecule has 0 aromatic heterocycles. The summed E-state index contributed by atoms with van der Waals surface area (Å²) in [5.41, 5.74) is 0. The lowest BCUT2D eigenvalue weighted by Crippen LogP contribution is -2.45. The molecule has 0 radical (unpaired) electrons. The highest BCUT2D eigenvalue weighted by molar-refractivity contribution is 5.76. The molecular formula is C67H131NO3. The SMILES string of the molecule is CCCCCCCCCCCCCC/C=C/CC/C=C/C(O)C(CO)NC(=O)CCCCCCCCCCCCCCCCCCCCCCCCCCCCCCCCCCCCCCCCCCC. The van der Waals surface area contributed by atoms with Gasteiger partial charge in [0.2, 0.25) is 5.91 Å². The molecule has 4 nitrogen and oxygen atoms in total. The van der Waals surface area contributed by atoms with Crippen molar-refractivity contribution in [3.63, 3.8) is 0 Å². The molecule has 0 aromatic carbocycles. The van der Waals surface area contributed by atoms with Crippen LogP contribution in [0.4, 0.5) is 0 Å². The van der Waals surface area contributed by atoms with Crippen LogP contribution in [0.15, 0.2) is 24.3 Å². The predicted molar refractivity (Wildman–Crippen MR) is 318 cm³/mol. The second-order valence-electron chi connectivity index (χ2n) is 22.9. The number of unbranched alkanes of at least 4 members (excludes halogenated alkanes) is 53. The maximum absolute atomic E-state index is 12.5. The van der Waals surface area contributed by atoms with Gasteiger partial charge in [-0.15, -0.1) is 0 Å². The molecule has 4 heteroatoms. The molecule has 0 heterocycles. The van der Waals surface area contributed by atoms with Crippen molar-refractivity contribution in [1.29, 1.82) is 0 Å². The molecule has 422 valence electrons. The number of hydrogen-bond donors (Lipinski definition) is 3. The first-order valence-electron chi connectivity index (χ1n) is 33.1. The Balaban J connectivity index is 3.36. The summed E-state index contributed by atoms with van der Waals surface area (Å²) in [6, 6.07) is -0.636. The van der Waals surface area contributed by atoms with E-state index in [9.17, 15) is 15.0 Å². The fourth-order valence-corrected chi connectivity index (χ4v) is 10.7. The van der Waals surface area contributed by atoms with E-state index < -0.39 is 12.1 Å². The lowest BCUT2D eigenvalue weighted by atomic mass is 10.0. The van der Waals surface area contributed by atoms with Gasteiger partial charge in [0.1, 0.15) is 0 Å². The molecule has 0 saturated carbocycles. The predicted octanol–water partition coefficient (Wildman–Crippen LogP) is 22.2. The minimum absolute atomic E-state index is 0.0657. The molecule has 0 spiro atoms. The van der Waals surface area contributed by atoms with Gasteiger partial charge in [0.15, 0.2) is 0 Å². The molecule has 0 aliphatic carbocycles. The molecule has 0 aromatic rings. The fraction of sp³-hybridized carbons (Fsp3) is 0.925. The Morgan fingerprint density at radius 2 is 0.549 bits per heavy atom. The Labute approximate surface area is 447 Å². The number of aliphatic hydroxyl groups excluding tert-OH is 2. The molecule has 2 unspecified atom stereocenters. The number of nitrogens with one attached hydrogen (secondary N) is 1. The smallest absolute Gasteiger partial charge is 0.220 e. The van der Waals surface area contributed by atoms with Crippen LogP contribution in [0.25, 0.3) is 0 Å². The summed E-state index contributed by atoms with van der Waals surface area (Å²) >= 11 is 0. The average molecular weight is 999 g/mol. The van der Waals surface area contributed by atoms with Crippen LogP contribution in [0.3, 0.4) is 0 Å². The van der Waals surface area contributed by atoms with E-state index in [2.05, 4.69) is 31.3 Å². The van der Waals surface area contributed by atoms with Crippen molar-refractivity contribution in [2.45, 2.75) is 392 Å². The van der Waals surface area contributed by atoms with E-state index in [0.717, 1.165) is 32.1 Å². The minimum atomic E-state index is -0.860. The molecule has 2 atom stereocenters. The number of aliphatic hydroxyl groups is 2. The van der Waals surface area contributed by atoms with Gasteiger partial charge in [-0.1, -0.05) is 366 Å². The topological polar surface area (TPSA) is 69.6 Å². The molecule has 0 fully saturated rings. The second kappa shape index (κ2) is 63.2. The van der Waals surface area contributed by atoms with Gasteiger partial charge < -0.3 is 15.5 Å². The third-order valence-electron chi connectivity index (χ3n) is 15.7. The monoisotopic (exact) mass is 998 g/mol. The van der Waals surface area contributed by atoms with Crippen LogP contribution >= 0.6 is 0 Å². The minimum Gasteiger partial charge on any atom is -0.394 e. The van der Waals surface area contributed by atoms with Crippen molar-refractivity contribution in [2.24, 2.45) is 0 Å². The third kappa shape index (κ3) is 59.6. The van der Waals surface area contributed by atoms with Crippen LogP contribution in [0, 0.1) is 0 Å². The van der Waals surface area contributed by atoms with E-state index in [4.69, 9.17) is 0 Å². The van der Waals surface area contributed by atoms with Crippen LogP contribution < -0.4 is 5.32 Å². The lowest BCUT2D eigenvalue weighted by molar-refractivity contribution is -0.123. The summed E-state index contributed by atoms with van der Waals surface area (Å²) in [5.74, 6) is -0.0657. The van der Waals surface area contributed by atoms with Crippen molar-refractivity contribution in [3.8, 4) is 0 Å². The molecular weight excluding hydrogens is 867 g/mol. The largest absolute Gasteiger partial charge is 0.394 e. The summed E-state index contributed by atoms with van der Waals surface area (Å²) in [7, 11) is 0. The number of carbonyl (C=O) groups excluding carboxylic acids is 1. The maximum atomic E-state index is 12.5.